The minimum Gasteiger partial charge on any atom is -0.456 e. The number of hydrogen-bond acceptors (Lipinski definition) is 5. The molecule has 25 heavy (non-hydrogen) atoms. The second-order valence-corrected chi connectivity index (χ2v) is 6.27. The van der Waals surface area contributed by atoms with Crippen LogP contribution in [0.15, 0.2) is 48.7 Å². The first-order valence-corrected chi connectivity index (χ1v) is 9.19. The van der Waals surface area contributed by atoms with Crippen LogP contribution in [0.4, 0.5) is 0 Å². The van der Waals surface area contributed by atoms with E-state index >= 15 is 0 Å². The minimum atomic E-state index is -0.795. The summed E-state index contributed by atoms with van der Waals surface area (Å²) in [5.74, 6) is -0.603. The number of rotatable bonds is 9. The average Bonchev–Trinajstić information content (AvgIpc) is 3.18. The second kappa shape index (κ2) is 9.68. The molecule has 1 atom stereocenters. The summed E-state index contributed by atoms with van der Waals surface area (Å²) in [5, 5.41) is 2.68. The highest BCUT2D eigenvalue weighted by Crippen LogP contribution is 2.06. The SMILES string of the molecule is CSCC[C@@H](NC(=O)c1ccccc1)C(=O)OCC(=O)c1ccc[nH]1. The molecule has 0 aliphatic rings. The fraction of sp³-hybridized carbons (Fsp3) is 0.278. The van der Waals surface area contributed by atoms with Gasteiger partial charge in [-0.15, -0.1) is 0 Å². The maximum atomic E-state index is 12.3. The van der Waals surface area contributed by atoms with E-state index in [2.05, 4.69) is 10.3 Å². The molecule has 0 bridgehead atoms. The molecule has 0 spiro atoms. The van der Waals surface area contributed by atoms with Gasteiger partial charge in [0, 0.05) is 11.8 Å². The van der Waals surface area contributed by atoms with E-state index in [0.29, 0.717) is 23.4 Å². The maximum Gasteiger partial charge on any atom is 0.329 e. The minimum absolute atomic E-state index is 0.323. The number of H-pyrrole nitrogens is 1. The highest BCUT2D eigenvalue weighted by atomic mass is 32.2. The maximum absolute atomic E-state index is 12.3. The summed E-state index contributed by atoms with van der Waals surface area (Å²) in [6.45, 7) is -0.365. The Hall–Kier alpha value is -2.54. The van der Waals surface area contributed by atoms with E-state index < -0.39 is 12.0 Å². The summed E-state index contributed by atoms with van der Waals surface area (Å²) >= 11 is 1.56. The number of hydrogen-bond donors (Lipinski definition) is 2. The van der Waals surface area contributed by atoms with Crippen molar-refractivity contribution < 1.29 is 19.1 Å². The molecule has 1 aromatic heterocycles. The molecule has 2 N–H and O–H groups in total. The van der Waals surface area contributed by atoms with Gasteiger partial charge in [0.2, 0.25) is 5.78 Å². The Morgan fingerprint density at radius 3 is 2.56 bits per heavy atom. The number of esters is 1. The quantitative estimate of drug-likeness (QED) is 0.529. The molecule has 0 saturated carbocycles. The van der Waals surface area contributed by atoms with Crippen molar-refractivity contribution in [2.45, 2.75) is 12.5 Å². The van der Waals surface area contributed by atoms with Gasteiger partial charge >= 0.3 is 5.97 Å². The summed E-state index contributed by atoms with van der Waals surface area (Å²) in [6.07, 6.45) is 3.96. The Morgan fingerprint density at radius 2 is 1.92 bits per heavy atom. The van der Waals surface area contributed by atoms with Crippen LogP contribution in [0.5, 0.6) is 0 Å². The fourth-order valence-corrected chi connectivity index (χ4v) is 2.61. The average molecular weight is 360 g/mol. The number of thioether (sulfide) groups is 1. The third-order valence-electron chi connectivity index (χ3n) is 3.48. The van der Waals surface area contributed by atoms with E-state index in [-0.39, 0.29) is 18.3 Å². The molecule has 0 aliphatic heterocycles. The van der Waals surface area contributed by atoms with Gasteiger partial charge in [-0.05, 0) is 42.7 Å². The summed E-state index contributed by atoms with van der Waals surface area (Å²) in [4.78, 5) is 39.2. The lowest BCUT2D eigenvalue weighted by molar-refractivity contribution is -0.144. The number of benzene rings is 1. The number of amides is 1. The molecule has 1 amide bonds. The number of carbonyl (C=O) groups is 3. The van der Waals surface area contributed by atoms with Gasteiger partial charge in [0.1, 0.15) is 6.04 Å². The Balaban J connectivity index is 1.94. The first-order chi connectivity index (χ1) is 12.1. The molecule has 0 radical (unpaired) electrons. The van der Waals surface area contributed by atoms with E-state index in [4.69, 9.17) is 4.74 Å². The molecule has 132 valence electrons. The summed E-state index contributed by atoms with van der Waals surface area (Å²) < 4.78 is 5.09. The Kier molecular flexibility index (Phi) is 7.28. The highest BCUT2D eigenvalue weighted by Gasteiger charge is 2.23. The van der Waals surface area contributed by atoms with Crippen molar-refractivity contribution in [3.05, 3.63) is 59.9 Å². The van der Waals surface area contributed by atoms with E-state index in [0.717, 1.165) is 0 Å². The summed E-state index contributed by atoms with van der Waals surface area (Å²) in [7, 11) is 0. The summed E-state index contributed by atoms with van der Waals surface area (Å²) in [6, 6.07) is 11.1. The van der Waals surface area contributed by atoms with Gasteiger partial charge in [-0.2, -0.15) is 11.8 Å². The van der Waals surface area contributed by atoms with Gasteiger partial charge in [0.05, 0.1) is 5.69 Å². The van der Waals surface area contributed by atoms with Crippen molar-refractivity contribution in [1.82, 2.24) is 10.3 Å². The second-order valence-electron chi connectivity index (χ2n) is 5.29. The van der Waals surface area contributed by atoms with Gasteiger partial charge in [-0.25, -0.2) is 4.79 Å². The van der Waals surface area contributed by atoms with Gasteiger partial charge in [0.15, 0.2) is 6.61 Å². The Bertz CT molecular complexity index is 701. The lowest BCUT2D eigenvalue weighted by Crippen LogP contribution is -2.42. The Morgan fingerprint density at radius 1 is 1.16 bits per heavy atom. The third-order valence-corrected chi connectivity index (χ3v) is 4.12. The van der Waals surface area contributed by atoms with Crippen LogP contribution in [0.1, 0.15) is 27.3 Å². The summed E-state index contributed by atoms with van der Waals surface area (Å²) in [5.41, 5.74) is 0.841. The molecule has 2 aromatic rings. The molecule has 0 aliphatic carbocycles. The zero-order valence-electron chi connectivity index (χ0n) is 13.9. The predicted octanol–water partition coefficient (Wildman–Crippen LogP) is 2.29. The van der Waals surface area contributed by atoms with Crippen LogP contribution >= 0.6 is 11.8 Å². The van der Waals surface area contributed by atoms with Gasteiger partial charge < -0.3 is 15.0 Å². The topological polar surface area (TPSA) is 88.3 Å². The number of ketones is 1. The van der Waals surface area contributed by atoms with Crippen molar-refractivity contribution in [2.75, 3.05) is 18.6 Å². The highest BCUT2D eigenvalue weighted by molar-refractivity contribution is 7.98. The van der Waals surface area contributed by atoms with Crippen LogP contribution in [0.25, 0.3) is 0 Å². The molecular formula is C18H20N2O4S. The molecule has 6 nitrogen and oxygen atoms in total. The molecular weight excluding hydrogens is 340 g/mol. The lowest BCUT2D eigenvalue weighted by Gasteiger charge is -2.17. The molecule has 1 heterocycles. The molecule has 7 heteroatoms. The van der Waals surface area contributed by atoms with Crippen molar-refractivity contribution in [2.24, 2.45) is 0 Å². The molecule has 0 unspecified atom stereocenters. The van der Waals surface area contributed by atoms with Crippen LogP contribution in [-0.2, 0) is 9.53 Å². The van der Waals surface area contributed by atoms with Crippen molar-refractivity contribution in [3.63, 3.8) is 0 Å². The van der Waals surface area contributed by atoms with Gasteiger partial charge in [-0.1, -0.05) is 18.2 Å². The zero-order valence-corrected chi connectivity index (χ0v) is 14.7. The van der Waals surface area contributed by atoms with Crippen LogP contribution in [-0.4, -0.2) is 47.3 Å². The van der Waals surface area contributed by atoms with Crippen LogP contribution in [0, 0.1) is 0 Å². The van der Waals surface area contributed by atoms with Crippen LogP contribution in [0.3, 0.4) is 0 Å². The molecule has 2 rings (SSSR count). The van der Waals surface area contributed by atoms with Crippen LogP contribution in [0.2, 0.25) is 0 Å². The first-order valence-electron chi connectivity index (χ1n) is 7.80. The number of Topliss-reactive ketones (excluding diaryl/α,β-unsaturated/α-hetero) is 1. The number of aromatic nitrogens is 1. The van der Waals surface area contributed by atoms with Crippen molar-refractivity contribution in [1.29, 1.82) is 0 Å². The monoisotopic (exact) mass is 360 g/mol. The molecule has 0 fully saturated rings. The molecule has 1 aromatic carbocycles. The van der Waals surface area contributed by atoms with E-state index in [1.54, 1.807) is 54.4 Å². The first kappa shape index (κ1) is 18.8. The number of ether oxygens (including phenoxy) is 1. The standard InChI is InChI=1S/C18H20N2O4S/c1-25-11-9-15(20-17(22)13-6-3-2-4-7-13)18(23)24-12-16(21)14-8-5-10-19-14/h2-8,10,15,19H,9,11-12H2,1H3,(H,20,22)/t15-/m1/s1. The van der Waals surface area contributed by atoms with Crippen molar-refractivity contribution in [3.8, 4) is 0 Å². The fourth-order valence-electron chi connectivity index (χ4n) is 2.13. The third kappa shape index (κ3) is 5.79. The van der Waals surface area contributed by atoms with E-state index in [1.807, 2.05) is 12.3 Å². The normalized spacial score (nSPS) is 11.6. The smallest absolute Gasteiger partial charge is 0.329 e. The largest absolute Gasteiger partial charge is 0.456 e. The van der Waals surface area contributed by atoms with Crippen molar-refractivity contribution >= 4 is 29.4 Å². The van der Waals surface area contributed by atoms with E-state index in [9.17, 15) is 14.4 Å². The van der Waals surface area contributed by atoms with Gasteiger partial charge in [0.25, 0.3) is 5.91 Å². The zero-order chi connectivity index (χ0) is 18.1. The van der Waals surface area contributed by atoms with Gasteiger partial charge in [-0.3, -0.25) is 9.59 Å². The number of carbonyl (C=O) groups excluding carboxylic acids is 3. The number of nitrogens with one attached hydrogen (secondary N) is 2. The lowest BCUT2D eigenvalue weighted by atomic mass is 10.1. The van der Waals surface area contributed by atoms with Crippen LogP contribution < -0.4 is 5.32 Å². The Labute approximate surface area is 150 Å². The predicted molar refractivity (Wildman–Crippen MR) is 96.8 cm³/mol. The molecule has 0 saturated heterocycles. The number of aromatic amines is 1. The van der Waals surface area contributed by atoms with E-state index in [1.165, 1.54) is 0 Å².